The minimum Gasteiger partial charge on any atom is -0.438 e. The lowest BCUT2D eigenvalue weighted by molar-refractivity contribution is -0.117. The Morgan fingerprint density at radius 3 is 2.75 bits per heavy atom. The minimum absolute atomic E-state index is 0.0480. The third-order valence-corrected chi connectivity index (χ3v) is 5.62. The van der Waals surface area contributed by atoms with Gasteiger partial charge in [0.25, 0.3) is 11.5 Å². The van der Waals surface area contributed by atoms with E-state index in [0.717, 1.165) is 36.8 Å². The molecule has 1 aliphatic rings. The first kappa shape index (κ1) is 21.3. The summed E-state index contributed by atoms with van der Waals surface area (Å²) in [7, 11) is 0. The Bertz CT molecular complexity index is 1310. The van der Waals surface area contributed by atoms with Crippen molar-refractivity contribution in [3.63, 3.8) is 0 Å². The molecule has 0 bridgehead atoms. The van der Waals surface area contributed by atoms with E-state index in [1.54, 1.807) is 24.4 Å². The van der Waals surface area contributed by atoms with Crippen molar-refractivity contribution in [2.75, 3.05) is 0 Å². The third-order valence-electron chi connectivity index (χ3n) is 5.62. The first-order chi connectivity index (χ1) is 15.5. The molecule has 3 aromatic rings. The number of hydrogen-bond acceptors (Lipinski definition) is 5. The fraction of sp³-hybridized carbons (Fsp3) is 0.280. The van der Waals surface area contributed by atoms with Crippen molar-refractivity contribution in [2.45, 2.75) is 45.6 Å². The summed E-state index contributed by atoms with van der Waals surface area (Å²) in [5, 5.41) is 12.5. The Balaban J connectivity index is 1.80. The molecule has 1 aromatic carbocycles. The molecule has 0 radical (unpaired) electrons. The normalized spacial score (nSPS) is 14.3. The van der Waals surface area contributed by atoms with Crippen LogP contribution >= 0.6 is 0 Å². The van der Waals surface area contributed by atoms with E-state index in [0.29, 0.717) is 11.4 Å². The van der Waals surface area contributed by atoms with Gasteiger partial charge in [-0.2, -0.15) is 10.2 Å². The molecule has 1 N–H and O–H groups in total. The van der Waals surface area contributed by atoms with Crippen LogP contribution in [0.2, 0.25) is 0 Å². The molecule has 4 rings (SSSR count). The monoisotopic (exact) mass is 428 g/mol. The van der Waals surface area contributed by atoms with Gasteiger partial charge in [0.05, 0.1) is 0 Å². The van der Waals surface area contributed by atoms with E-state index in [1.807, 2.05) is 38.1 Å². The largest absolute Gasteiger partial charge is 0.438 e. The number of fused-ring (bicyclic) bond motifs is 1. The number of benzene rings is 1. The SMILES string of the molecule is Cc1ccc(Oc2nc3ccccn3c(=O)c2C=C(C#N)C(=O)NC2CCCC2)c(C)c1. The van der Waals surface area contributed by atoms with Gasteiger partial charge in [-0.05, 0) is 56.5 Å². The number of nitriles is 1. The molecular formula is C25H24N4O3. The predicted octanol–water partition coefficient (Wildman–Crippen LogP) is 4.07. The van der Waals surface area contributed by atoms with Crippen LogP contribution < -0.4 is 15.6 Å². The van der Waals surface area contributed by atoms with Crippen molar-refractivity contribution in [2.24, 2.45) is 0 Å². The zero-order valence-corrected chi connectivity index (χ0v) is 18.1. The number of pyridine rings is 1. The lowest BCUT2D eigenvalue weighted by Crippen LogP contribution is -2.33. The first-order valence-corrected chi connectivity index (χ1v) is 10.7. The lowest BCUT2D eigenvalue weighted by atomic mass is 10.1. The second kappa shape index (κ2) is 9.06. The highest BCUT2D eigenvalue weighted by Crippen LogP contribution is 2.27. The van der Waals surface area contributed by atoms with Crippen LogP contribution in [0.1, 0.15) is 42.4 Å². The van der Waals surface area contributed by atoms with E-state index in [1.165, 1.54) is 10.5 Å². The standard InChI is InChI=1S/C25H24N4O3/c1-16-10-11-21(17(2)13-16)32-24-20(25(31)29-12-6-5-9-22(29)28-24)14-18(15-26)23(30)27-19-7-3-4-8-19/h5-6,9-14,19H,3-4,7-8H2,1-2H3,(H,27,30). The highest BCUT2D eigenvalue weighted by molar-refractivity contribution is 6.02. The molecule has 7 nitrogen and oxygen atoms in total. The van der Waals surface area contributed by atoms with Gasteiger partial charge in [-0.3, -0.25) is 14.0 Å². The maximum atomic E-state index is 13.3. The maximum Gasteiger partial charge on any atom is 0.269 e. The van der Waals surface area contributed by atoms with Gasteiger partial charge >= 0.3 is 0 Å². The fourth-order valence-corrected chi connectivity index (χ4v) is 3.93. The van der Waals surface area contributed by atoms with Crippen LogP contribution in [0.15, 0.2) is 53.0 Å². The van der Waals surface area contributed by atoms with Crippen LogP contribution in [-0.4, -0.2) is 21.3 Å². The second-order valence-corrected chi connectivity index (χ2v) is 8.06. The topological polar surface area (TPSA) is 96.5 Å². The number of amides is 1. The van der Waals surface area contributed by atoms with Crippen LogP contribution in [0.4, 0.5) is 0 Å². The smallest absolute Gasteiger partial charge is 0.269 e. The minimum atomic E-state index is -0.491. The quantitative estimate of drug-likeness (QED) is 0.488. The number of nitrogens with one attached hydrogen (secondary N) is 1. The van der Waals surface area contributed by atoms with E-state index in [4.69, 9.17) is 4.74 Å². The Hall–Kier alpha value is -3.92. The summed E-state index contributed by atoms with van der Waals surface area (Å²) in [5.74, 6) is 0.107. The van der Waals surface area contributed by atoms with E-state index in [-0.39, 0.29) is 23.1 Å². The third kappa shape index (κ3) is 4.40. The number of rotatable bonds is 5. The molecule has 0 aliphatic heterocycles. The summed E-state index contributed by atoms with van der Waals surface area (Å²) >= 11 is 0. The molecule has 162 valence electrons. The number of hydrogen-bond donors (Lipinski definition) is 1. The van der Waals surface area contributed by atoms with Gasteiger partial charge in [-0.1, -0.05) is 36.6 Å². The van der Waals surface area contributed by atoms with E-state index >= 15 is 0 Å². The molecule has 1 amide bonds. The van der Waals surface area contributed by atoms with Crippen molar-refractivity contribution in [3.05, 3.63) is 75.2 Å². The number of carbonyl (C=O) groups is 1. The van der Waals surface area contributed by atoms with E-state index in [9.17, 15) is 14.9 Å². The Kier molecular flexibility index (Phi) is 6.04. The van der Waals surface area contributed by atoms with Crippen molar-refractivity contribution in [1.82, 2.24) is 14.7 Å². The molecule has 7 heteroatoms. The number of nitrogens with zero attached hydrogens (tertiary/aromatic N) is 3. The van der Waals surface area contributed by atoms with Crippen molar-refractivity contribution in [3.8, 4) is 17.7 Å². The number of ether oxygens (including phenoxy) is 1. The van der Waals surface area contributed by atoms with Crippen molar-refractivity contribution in [1.29, 1.82) is 5.26 Å². The average molecular weight is 428 g/mol. The van der Waals surface area contributed by atoms with Crippen molar-refractivity contribution < 1.29 is 9.53 Å². The summed E-state index contributed by atoms with van der Waals surface area (Å²) < 4.78 is 7.40. The van der Waals surface area contributed by atoms with Gasteiger partial charge in [0.2, 0.25) is 5.88 Å². The molecule has 0 unspecified atom stereocenters. The molecule has 32 heavy (non-hydrogen) atoms. The molecular weight excluding hydrogens is 404 g/mol. The molecule has 0 atom stereocenters. The zero-order chi connectivity index (χ0) is 22.7. The Morgan fingerprint density at radius 1 is 1.25 bits per heavy atom. The Morgan fingerprint density at radius 2 is 2.03 bits per heavy atom. The van der Waals surface area contributed by atoms with Gasteiger partial charge in [-0.15, -0.1) is 0 Å². The van der Waals surface area contributed by atoms with Crippen LogP contribution in [0.5, 0.6) is 11.6 Å². The Labute approximate surface area is 186 Å². The second-order valence-electron chi connectivity index (χ2n) is 8.06. The highest BCUT2D eigenvalue weighted by Gasteiger charge is 2.21. The molecule has 1 aliphatic carbocycles. The van der Waals surface area contributed by atoms with Crippen LogP contribution in [-0.2, 0) is 4.79 Å². The van der Waals surface area contributed by atoms with Gasteiger partial charge in [0.15, 0.2) is 0 Å². The number of carbonyl (C=O) groups excluding carboxylic acids is 1. The molecule has 2 heterocycles. The molecule has 0 saturated heterocycles. The molecule has 0 spiro atoms. The van der Waals surface area contributed by atoms with Crippen LogP contribution in [0.3, 0.4) is 0 Å². The van der Waals surface area contributed by atoms with Crippen LogP contribution in [0.25, 0.3) is 11.7 Å². The van der Waals surface area contributed by atoms with Crippen molar-refractivity contribution >= 4 is 17.6 Å². The lowest BCUT2D eigenvalue weighted by Gasteiger charge is -2.13. The summed E-state index contributed by atoms with van der Waals surface area (Å²) in [4.78, 5) is 30.5. The van der Waals surface area contributed by atoms with Gasteiger partial charge in [-0.25, -0.2) is 0 Å². The molecule has 1 saturated carbocycles. The van der Waals surface area contributed by atoms with Crippen LogP contribution in [0, 0.1) is 25.2 Å². The van der Waals surface area contributed by atoms with E-state index < -0.39 is 11.5 Å². The summed E-state index contributed by atoms with van der Waals surface area (Å²) in [6.07, 6.45) is 6.77. The summed E-state index contributed by atoms with van der Waals surface area (Å²) in [6.45, 7) is 3.88. The fourth-order valence-electron chi connectivity index (χ4n) is 3.93. The number of aryl methyl sites for hydroxylation is 2. The molecule has 1 fully saturated rings. The number of aromatic nitrogens is 2. The summed E-state index contributed by atoms with van der Waals surface area (Å²) in [5.41, 5.74) is 1.84. The average Bonchev–Trinajstić information content (AvgIpc) is 3.28. The predicted molar refractivity (Wildman–Crippen MR) is 121 cm³/mol. The highest BCUT2D eigenvalue weighted by atomic mass is 16.5. The van der Waals surface area contributed by atoms with Gasteiger partial charge in [0.1, 0.15) is 28.6 Å². The first-order valence-electron chi connectivity index (χ1n) is 10.7. The maximum absolute atomic E-state index is 13.3. The van der Waals surface area contributed by atoms with Gasteiger partial charge < -0.3 is 10.1 Å². The molecule has 2 aromatic heterocycles. The summed E-state index contributed by atoms with van der Waals surface area (Å²) in [6, 6.07) is 12.8. The van der Waals surface area contributed by atoms with Gasteiger partial charge in [0, 0.05) is 12.2 Å². The zero-order valence-electron chi connectivity index (χ0n) is 18.1. The van der Waals surface area contributed by atoms with E-state index in [2.05, 4.69) is 10.3 Å².